The summed E-state index contributed by atoms with van der Waals surface area (Å²) in [6.45, 7) is 6.38. The molecule has 88 valence electrons. The van der Waals surface area contributed by atoms with Gasteiger partial charge in [0.2, 0.25) is 5.24 Å². The first-order chi connectivity index (χ1) is 7.54. The lowest BCUT2D eigenvalue weighted by Gasteiger charge is -2.19. The average molecular weight is 239 g/mol. The van der Waals surface area contributed by atoms with Crippen LogP contribution in [0.3, 0.4) is 0 Å². The molecule has 0 spiro atoms. The van der Waals surface area contributed by atoms with E-state index in [0.29, 0.717) is 12.3 Å². The van der Waals surface area contributed by atoms with Crippen LogP contribution in [-0.4, -0.2) is 5.24 Å². The zero-order chi connectivity index (χ0) is 12.1. The van der Waals surface area contributed by atoms with E-state index < -0.39 is 0 Å². The SMILES string of the molecule is CCc1ccc(C(CC(=O)Cl)C(C)C)cc1. The summed E-state index contributed by atoms with van der Waals surface area (Å²) in [6, 6.07) is 8.49. The van der Waals surface area contributed by atoms with Gasteiger partial charge in [-0.25, -0.2) is 0 Å². The molecule has 0 aromatic heterocycles. The predicted octanol–water partition coefficient (Wildman–Crippen LogP) is 4.14. The molecule has 0 fully saturated rings. The molecule has 1 rings (SSSR count). The topological polar surface area (TPSA) is 17.1 Å². The van der Waals surface area contributed by atoms with Crippen LogP contribution in [0.1, 0.15) is 44.2 Å². The Labute approximate surface area is 103 Å². The molecule has 0 saturated heterocycles. The smallest absolute Gasteiger partial charge is 0.222 e. The second kappa shape index (κ2) is 6.05. The highest BCUT2D eigenvalue weighted by atomic mass is 35.5. The summed E-state index contributed by atoms with van der Waals surface area (Å²) < 4.78 is 0. The molecule has 0 aliphatic carbocycles. The van der Waals surface area contributed by atoms with Crippen LogP contribution in [0.2, 0.25) is 0 Å². The van der Waals surface area contributed by atoms with Crippen LogP contribution < -0.4 is 0 Å². The molecule has 16 heavy (non-hydrogen) atoms. The van der Waals surface area contributed by atoms with Gasteiger partial charge in [0.15, 0.2) is 0 Å². The Bertz CT molecular complexity index is 340. The van der Waals surface area contributed by atoms with Crippen molar-refractivity contribution in [3.05, 3.63) is 35.4 Å². The van der Waals surface area contributed by atoms with Crippen LogP contribution in [-0.2, 0) is 11.2 Å². The number of halogens is 1. The lowest BCUT2D eigenvalue weighted by Crippen LogP contribution is -2.09. The van der Waals surface area contributed by atoms with Gasteiger partial charge in [0.05, 0.1) is 0 Å². The van der Waals surface area contributed by atoms with Crippen LogP contribution in [0.15, 0.2) is 24.3 Å². The minimum absolute atomic E-state index is 0.232. The van der Waals surface area contributed by atoms with Gasteiger partial charge in [-0.15, -0.1) is 0 Å². The van der Waals surface area contributed by atoms with Crippen molar-refractivity contribution >= 4 is 16.8 Å². The van der Waals surface area contributed by atoms with Crippen LogP contribution in [0, 0.1) is 5.92 Å². The summed E-state index contributed by atoms with van der Waals surface area (Å²) in [7, 11) is 0. The normalized spacial score (nSPS) is 12.8. The molecule has 0 N–H and O–H groups in total. The van der Waals surface area contributed by atoms with Gasteiger partial charge >= 0.3 is 0 Å². The maximum atomic E-state index is 11.0. The van der Waals surface area contributed by atoms with E-state index in [-0.39, 0.29) is 11.2 Å². The number of hydrogen-bond acceptors (Lipinski definition) is 1. The van der Waals surface area contributed by atoms with Crippen molar-refractivity contribution in [2.75, 3.05) is 0 Å². The molecule has 1 aromatic carbocycles. The number of benzene rings is 1. The molecule has 1 atom stereocenters. The predicted molar refractivity (Wildman–Crippen MR) is 68.9 cm³/mol. The Balaban J connectivity index is 2.88. The molecule has 0 amide bonds. The van der Waals surface area contributed by atoms with Crippen LogP contribution in [0.5, 0.6) is 0 Å². The fraction of sp³-hybridized carbons (Fsp3) is 0.500. The monoisotopic (exact) mass is 238 g/mol. The molecular weight excluding hydrogens is 220 g/mol. The molecule has 0 radical (unpaired) electrons. The van der Waals surface area contributed by atoms with Crippen molar-refractivity contribution in [2.45, 2.75) is 39.5 Å². The maximum absolute atomic E-state index is 11.0. The number of aryl methyl sites for hydroxylation is 1. The van der Waals surface area contributed by atoms with E-state index in [1.807, 2.05) is 0 Å². The van der Waals surface area contributed by atoms with E-state index in [0.717, 1.165) is 6.42 Å². The van der Waals surface area contributed by atoms with Crippen LogP contribution in [0.25, 0.3) is 0 Å². The number of rotatable bonds is 5. The Morgan fingerprint density at radius 3 is 2.19 bits per heavy atom. The standard InChI is InChI=1S/C14H19ClO/c1-4-11-5-7-12(8-6-11)13(10(2)3)9-14(15)16/h5-8,10,13H,4,9H2,1-3H3. The molecule has 1 nitrogen and oxygen atoms in total. The van der Waals surface area contributed by atoms with E-state index in [4.69, 9.17) is 11.6 Å². The summed E-state index contributed by atoms with van der Waals surface area (Å²) in [4.78, 5) is 11.0. The molecule has 0 aliphatic heterocycles. The molecular formula is C14H19ClO. The molecule has 0 aliphatic rings. The number of carbonyl (C=O) groups is 1. The van der Waals surface area contributed by atoms with Gasteiger partial charge in [0, 0.05) is 6.42 Å². The van der Waals surface area contributed by atoms with Gasteiger partial charge in [-0.3, -0.25) is 4.79 Å². The summed E-state index contributed by atoms with van der Waals surface area (Å²) in [6.07, 6.45) is 1.46. The van der Waals surface area contributed by atoms with Gasteiger partial charge in [-0.2, -0.15) is 0 Å². The molecule has 2 heteroatoms. The minimum Gasteiger partial charge on any atom is -0.281 e. The molecule has 0 saturated carbocycles. The first-order valence-corrected chi connectivity index (χ1v) is 6.19. The third-order valence-corrected chi connectivity index (χ3v) is 3.16. The summed E-state index contributed by atoms with van der Waals surface area (Å²) >= 11 is 5.49. The Hall–Kier alpha value is -0.820. The molecule has 1 unspecified atom stereocenters. The second-order valence-corrected chi connectivity index (χ2v) is 4.93. The van der Waals surface area contributed by atoms with E-state index in [9.17, 15) is 4.79 Å². The van der Waals surface area contributed by atoms with Crippen molar-refractivity contribution < 1.29 is 4.79 Å². The third kappa shape index (κ3) is 3.64. The third-order valence-electron chi connectivity index (χ3n) is 3.00. The van der Waals surface area contributed by atoms with E-state index in [1.165, 1.54) is 11.1 Å². The van der Waals surface area contributed by atoms with Crippen molar-refractivity contribution in [1.29, 1.82) is 0 Å². The highest BCUT2D eigenvalue weighted by Gasteiger charge is 2.18. The van der Waals surface area contributed by atoms with Crippen molar-refractivity contribution in [3.8, 4) is 0 Å². The van der Waals surface area contributed by atoms with Gasteiger partial charge in [-0.05, 0) is 41.0 Å². The first-order valence-electron chi connectivity index (χ1n) is 5.81. The quantitative estimate of drug-likeness (QED) is 0.705. The van der Waals surface area contributed by atoms with Crippen molar-refractivity contribution in [3.63, 3.8) is 0 Å². The molecule has 0 bridgehead atoms. The Kier molecular flexibility index (Phi) is 5.01. The highest BCUT2D eigenvalue weighted by molar-refractivity contribution is 6.63. The fourth-order valence-corrected chi connectivity index (χ4v) is 2.08. The van der Waals surface area contributed by atoms with Gasteiger partial charge in [0.25, 0.3) is 0 Å². The Morgan fingerprint density at radius 1 is 1.25 bits per heavy atom. The van der Waals surface area contributed by atoms with E-state index >= 15 is 0 Å². The lowest BCUT2D eigenvalue weighted by atomic mass is 9.86. The largest absolute Gasteiger partial charge is 0.281 e. The zero-order valence-corrected chi connectivity index (χ0v) is 10.9. The summed E-state index contributed by atoms with van der Waals surface area (Å²) in [5, 5.41) is -0.252. The van der Waals surface area contributed by atoms with Crippen LogP contribution in [0.4, 0.5) is 0 Å². The van der Waals surface area contributed by atoms with Gasteiger partial charge < -0.3 is 0 Å². The lowest BCUT2D eigenvalue weighted by molar-refractivity contribution is -0.112. The van der Waals surface area contributed by atoms with Crippen LogP contribution >= 0.6 is 11.6 Å². The average Bonchev–Trinajstić information content (AvgIpc) is 2.25. The second-order valence-electron chi connectivity index (χ2n) is 4.50. The minimum atomic E-state index is -0.252. The van der Waals surface area contributed by atoms with Crippen molar-refractivity contribution in [2.24, 2.45) is 5.92 Å². The fourth-order valence-electron chi connectivity index (χ4n) is 1.91. The molecule has 0 heterocycles. The van der Waals surface area contributed by atoms with E-state index in [2.05, 4.69) is 45.0 Å². The maximum Gasteiger partial charge on any atom is 0.222 e. The summed E-state index contributed by atoms with van der Waals surface area (Å²) in [5.41, 5.74) is 2.53. The van der Waals surface area contributed by atoms with Gasteiger partial charge in [-0.1, -0.05) is 45.0 Å². The number of hydrogen-bond donors (Lipinski definition) is 0. The first kappa shape index (κ1) is 13.2. The van der Waals surface area contributed by atoms with E-state index in [1.54, 1.807) is 0 Å². The highest BCUT2D eigenvalue weighted by Crippen LogP contribution is 2.28. The summed E-state index contributed by atoms with van der Waals surface area (Å²) in [5.74, 6) is 0.658. The Morgan fingerprint density at radius 2 is 1.81 bits per heavy atom. The van der Waals surface area contributed by atoms with Gasteiger partial charge in [0.1, 0.15) is 0 Å². The zero-order valence-electron chi connectivity index (χ0n) is 10.2. The number of carbonyl (C=O) groups excluding carboxylic acids is 1. The van der Waals surface area contributed by atoms with Crippen molar-refractivity contribution in [1.82, 2.24) is 0 Å². The molecule has 1 aromatic rings.